The molecule has 0 unspecified atom stereocenters. The smallest absolute Gasteiger partial charge is 0.140 e. The molecule has 0 spiro atoms. The van der Waals surface area contributed by atoms with Gasteiger partial charge in [0.2, 0.25) is 0 Å². The van der Waals surface area contributed by atoms with Crippen LogP contribution in [0.3, 0.4) is 0 Å². The number of nitrogens with two attached hydrogens (primary N) is 1. The molecule has 0 aliphatic heterocycles. The van der Waals surface area contributed by atoms with Crippen LogP contribution in [0, 0.1) is 3.57 Å². The zero-order valence-electron chi connectivity index (χ0n) is 10.8. The number of hydrogen-bond donors (Lipinski definition) is 1. The first-order valence-corrected chi connectivity index (χ1v) is 8.85. The Morgan fingerprint density at radius 3 is 2.72 bits per heavy atom. The predicted molar refractivity (Wildman–Crippen MR) is 86.8 cm³/mol. The molecule has 1 aliphatic rings. The minimum atomic E-state index is 0.608. The second-order valence-corrected chi connectivity index (χ2v) is 6.94. The van der Waals surface area contributed by atoms with Crippen molar-refractivity contribution in [2.45, 2.75) is 50.7 Å². The molecule has 0 bridgehead atoms. The third-order valence-corrected chi connectivity index (χ3v) is 5.53. The van der Waals surface area contributed by atoms with Gasteiger partial charge in [-0.1, -0.05) is 19.8 Å². The van der Waals surface area contributed by atoms with Crippen LogP contribution in [0.2, 0.25) is 0 Å². The number of aromatic nitrogens is 2. The lowest BCUT2D eigenvalue weighted by Crippen LogP contribution is -2.09. The number of anilines is 1. The normalized spacial score (nSPS) is 16.3. The van der Waals surface area contributed by atoms with Gasteiger partial charge in [-0.2, -0.15) is 11.8 Å². The van der Waals surface area contributed by atoms with Crippen LogP contribution in [0.4, 0.5) is 5.82 Å². The van der Waals surface area contributed by atoms with Gasteiger partial charge in [0.05, 0.1) is 15.0 Å². The van der Waals surface area contributed by atoms with E-state index in [1.165, 1.54) is 37.8 Å². The third kappa shape index (κ3) is 3.50. The molecule has 1 fully saturated rings. The largest absolute Gasteiger partial charge is 0.383 e. The molecule has 2 rings (SSSR count). The van der Waals surface area contributed by atoms with E-state index in [2.05, 4.69) is 34.5 Å². The van der Waals surface area contributed by atoms with Gasteiger partial charge in [-0.25, -0.2) is 9.97 Å². The molecule has 1 aromatic rings. The van der Waals surface area contributed by atoms with Crippen LogP contribution in [0.5, 0.6) is 0 Å². The highest BCUT2D eigenvalue weighted by molar-refractivity contribution is 14.1. The first-order chi connectivity index (χ1) is 8.72. The van der Waals surface area contributed by atoms with Crippen LogP contribution < -0.4 is 5.73 Å². The highest BCUT2D eigenvalue weighted by atomic mass is 127. The van der Waals surface area contributed by atoms with E-state index in [0.29, 0.717) is 11.7 Å². The summed E-state index contributed by atoms with van der Waals surface area (Å²) in [6, 6.07) is 0. The van der Waals surface area contributed by atoms with Gasteiger partial charge >= 0.3 is 0 Å². The number of nitrogens with zero attached hydrogens (tertiary/aromatic N) is 2. The van der Waals surface area contributed by atoms with Crippen LogP contribution in [-0.4, -0.2) is 15.7 Å². The molecular weight excluding hydrogens is 357 g/mol. The van der Waals surface area contributed by atoms with Crippen molar-refractivity contribution in [3.8, 4) is 0 Å². The Hall–Kier alpha value is -0.0400. The summed E-state index contributed by atoms with van der Waals surface area (Å²) in [6.45, 7) is 2.19. The molecule has 0 saturated heterocycles. The van der Waals surface area contributed by atoms with E-state index in [-0.39, 0.29) is 0 Å². The highest BCUT2D eigenvalue weighted by Gasteiger charge is 2.23. The summed E-state index contributed by atoms with van der Waals surface area (Å²) in [5, 5.41) is 0. The summed E-state index contributed by atoms with van der Waals surface area (Å²) in [6.07, 6.45) is 6.36. The second-order valence-electron chi connectivity index (χ2n) is 4.76. The minimum Gasteiger partial charge on any atom is -0.383 e. The molecule has 1 saturated carbocycles. The fourth-order valence-electron chi connectivity index (χ4n) is 2.37. The van der Waals surface area contributed by atoms with Crippen LogP contribution in [0.15, 0.2) is 0 Å². The molecule has 100 valence electrons. The Morgan fingerprint density at radius 1 is 1.33 bits per heavy atom. The SMILES string of the molecule is CCCSCc1nc(N)c(I)c(C2CCCC2)n1. The van der Waals surface area contributed by atoms with Crippen LogP contribution in [0.1, 0.15) is 56.5 Å². The first kappa shape index (κ1) is 14.4. The molecule has 1 heterocycles. The summed E-state index contributed by atoms with van der Waals surface area (Å²) in [4.78, 5) is 9.18. The van der Waals surface area contributed by atoms with E-state index >= 15 is 0 Å². The molecule has 0 radical (unpaired) electrons. The summed E-state index contributed by atoms with van der Waals surface area (Å²) in [7, 11) is 0. The monoisotopic (exact) mass is 377 g/mol. The third-order valence-electron chi connectivity index (χ3n) is 3.27. The molecule has 18 heavy (non-hydrogen) atoms. The van der Waals surface area contributed by atoms with E-state index in [4.69, 9.17) is 10.7 Å². The molecule has 1 aromatic heterocycles. The molecule has 3 nitrogen and oxygen atoms in total. The standard InChI is InChI=1S/C13H20IN3S/c1-2-7-18-8-10-16-12(9-5-3-4-6-9)11(14)13(15)17-10/h9H,2-8H2,1H3,(H2,15,16,17). The van der Waals surface area contributed by atoms with E-state index in [1.807, 2.05) is 11.8 Å². The Labute approximate surface area is 127 Å². The fourth-order valence-corrected chi connectivity index (χ4v) is 3.80. The maximum absolute atomic E-state index is 6.03. The van der Waals surface area contributed by atoms with Crippen LogP contribution >= 0.6 is 34.4 Å². The van der Waals surface area contributed by atoms with Gasteiger partial charge in [-0.05, 0) is 47.6 Å². The lowest BCUT2D eigenvalue weighted by atomic mass is 10.0. The molecule has 5 heteroatoms. The molecule has 1 aliphatic carbocycles. The van der Waals surface area contributed by atoms with E-state index in [9.17, 15) is 0 Å². The highest BCUT2D eigenvalue weighted by Crippen LogP contribution is 2.36. The average Bonchev–Trinajstić information content (AvgIpc) is 2.87. The molecule has 0 amide bonds. The van der Waals surface area contributed by atoms with Crippen molar-refractivity contribution in [1.82, 2.24) is 9.97 Å². The zero-order chi connectivity index (χ0) is 13.0. The van der Waals surface area contributed by atoms with Crippen molar-refractivity contribution >= 4 is 40.2 Å². The van der Waals surface area contributed by atoms with Gasteiger partial charge in [-0.15, -0.1) is 0 Å². The Morgan fingerprint density at radius 2 is 2.06 bits per heavy atom. The van der Waals surface area contributed by atoms with Gasteiger partial charge in [0, 0.05) is 5.92 Å². The summed E-state index contributed by atoms with van der Waals surface area (Å²) in [5.41, 5.74) is 7.23. The maximum atomic E-state index is 6.03. The zero-order valence-corrected chi connectivity index (χ0v) is 13.8. The topological polar surface area (TPSA) is 51.8 Å². The van der Waals surface area contributed by atoms with Gasteiger partial charge in [0.25, 0.3) is 0 Å². The first-order valence-electron chi connectivity index (χ1n) is 6.62. The van der Waals surface area contributed by atoms with Crippen molar-refractivity contribution in [2.75, 3.05) is 11.5 Å². The summed E-state index contributed by atoms with van der Waals surface area (Å²) >= 11 is 4.19. The molecule has 0 aromatic carbocycles. The average molecular weight is 377 g/mol. The van der Waals surface area contributed by atoms with Crippen LogP contribution in [0.25, 0.3) is 0 Å². The van der Waals surface area contributed by atoms with Crippen molar-refractivity contribution in [3.63, 3.8) is 0 Å². The lowest BCUT2D eigenvalue weighted by molar-refractivity contribution is 0.684. The van der Waals surface area contributed by atoms with E-state index in [1.54, 1.807) is 0 Å². The Bertz CT molecular complexity index is 405. The van der Waals surface area contributed by atoms with E-state index < -0.39 is 0 Å². The van der Waals surface area contributed by atoms with Gasteiger partial charge < -0.3 is 5.73 Å². The minimum absolute atomic E-state index is 0.608. The van der Waals surface area contributed by atoms with Crippen molar-refractivity contribution in [1.29, 1.82) is 0 Å². The van der Waals surface area contributed by atoms with Crippen molar-refractivity contribution < 1.29 is 0 Å². The Kier molecular flexibility index (Phi) is 5.54. The number of nitrogen functional groups attached to an aromatic ring is 1. The van der Waals surface area contributed by atoms with Crippen molar-refractivity contribution in [3.05, 3.63) is 15.1 Å². The van der Waals surface area contributed by atoms with Crippen LogP contribution in [-0.2, 0) is 5.75 Å². The van der Waals surface area contributed by atoms with Gasteiger partial charge in [-0.3, -0.25) is 0 Å². The quantitative estimate of drug-likeness (QED) is 0.623. The summed E-state index contributed by atoms with van der Waals surface area (Å²) in [5.74, 6) is 4.23. The fraction of sp³-hybridized carbons (Fsp3) is 0.692. The van der Waals surface area contributed by atoms with Gasteiger partial charge in [0.15, 0.2) is 0 Å². The molecular formula is C13H20IN3S. The number of rotatable bonds is 5. The number of thioether (sulfide) groups is 1. The number of halogens is 1. The van der Waals surface area contributed by atoms with Crippen molar-refractivity contribution in [2.24, 2.45) is 0 Å². The Balaban J connectivity index is 2.16. The predicted octanol–water partition coefficient (Wildman–Crippen LogP) is 3.96. The van der Waals surface area contributed by atoms with E-state index in [0.717, 1.165) is 20.9 Å². The second kappa shape index (κ2) is 6.93. The number of hydrogen-bond acceptors (Lipinski definition) is 4. The summed E-state index contributed by atoms with van der Waals surface area (Å²) < 4.78 is 1.07. The lowest BCUT2D eigenvalue weighted by Gasteiger charge is -2.13. The molecule has 2 N–H and O–H groups in total. The van der Waals surface area contributed by atoms with Gasteiger partial charge in [0.1, 0.15) is 11.6 Å². The molecule has 0 atom stereocenters. The maximum Gasteiger partial charge on any atom is 0.140 e.